The minimum absolute atomic E-state index is 0.227. The molecule has 0 fully saturated rings. The zero-order valence-electron chi connectivity index (χ0n) is 9.27. The fraction of sp³-hybridized carbons (Fsp3) is 0.167. The van der Waals surface area contributed by atoms with Crippen molar-refractivity contribution in [3.8, 4) is 0 Å². The van der Waals surface area contributed by atoms with Crippen LogP contribution in [-0.2, 0) is 6.54 Å². The van der Waals surface area contributed by atoms with Crippen LogP contribution in [0.25, 0.3) is 0 Å². The highest BCUT2D eigenvalue weighted by atomic mass is 16.4. The molecule has 90 valence electrons. The number of carboxylic acids is 1. The molecule has 0 saturated heterocycles. The van der Waals surface area contributed by atoms with Crippen LogP contribution in [0.5, 0.6) is 0 Å². The number of carboxylic acid groups (broad SMARTS) is 1. The van der Waals surface area contributed by atoms with E-state index in [0.717, 1.165) is 5.56 Å². The van der Waals surface area contributed by atoms with Gasteiger partial charge in [-0.1, -0.05) is 18.2 Å². The first-order valence-electron chi connectivity index (χ1n) is 5.08. The summed E-state index contributed by atoms with van der Waals surface area (Å²) in [5.41, 5.74) is 1.06. The van der Waals surface area contributed by atoms with E-state index in [2.05, 4.69) is 17.2 Å². The van der Waals surface area contributed by atoms with Crippen LogP contribution in [0.2, 0.25) is 0 Å². The van der Waals surface area contributed by atoms with Gasteiger partial charge >= 0.3 is 12.0 Å². The molecular formula is C12H14N2O3. The van der Waals surface area contributed by atoms with Crippen LogP contribution in [0.15, 0.2) is 36.9 Å². The van der Waals surface area contributed by atoms with Gasteiger partial charge in [0.1, 0.15) is 0 Å². The summed E-state index contributed by atoms with van der Waals surface area (Å²) in [6, 6.07) is 6.04. The van der Waals surface area contributed by atoms with Gasteiger partial charge < -0.3 is 15.7 Å². The van der Waals surface area contributed by atoms with Gasteiger partial charge in [0.2, 0.25) is 0 Å². The predicted octanol–water partition coefficient (Wildman–Crippen LogP) is 1.37. The Morgan fingerprint density at radius 1 is 1.24 bits per heavy atom. The normalized spacial score (nSPS) is 9.41. The van der Waals surface area contributed by atoms with E-state index in [1.165, 1.54) is 12.1 Å². The van der Waals surface area contributed by atoms with Crippen LogP contribution in [-0.4, -0.2) is 23.7 Å². The Hall–Kier alpha value is -2.30. The topological polar surface area (TPSA) is 78.4 Å². The van der Waals surface area contributed by atoms with E-state index in [9.17, 15) is 9.59 Å². The average molecular weight is 234 g/mol. The summed E-state index contributed by atoms with van der Waals surface area (Å²) in [4.78, 5) is 21.8. The standard InChI is InChI=1S/C12H14N2O3/c1-2-7-13-12(17)14-8-9-3-5-10(6-4-9)11(15)16/h2-6H,1,7-8H2,(H,15,16)(H2,13,14,17). The molecule has 5 nitrogen and oxygen atoms in total. The molecule has 1 aromatic carbocycles. The lowest BCUT2D eigenvalue weighted by molar-refractivity contribution is 0.0697. The molecule has 3 N–H and O–H groups in total. The SMILES string of the molecule is C=CCNC(=O)NCc1ccc(C(=O)O)cc1. The molecule has 0 aliphatic rings. The number of carbonyl (C=O) groups is 2. The molecule has 0 unspecified atom stereocenters. The first kappa shape index (κ1) is 12.8. The number of urea groups is 1. The third kappa shape index (κ3) is 4.38. The second-order valence-corrected chi connectivity index (χ2v) is 3.35. The third-order valence-electron chi connectivity index (χ3n) is 2.06. The van der Waals surface area contributed by atoms with Crippen molar-refractivity contribution >= 4 is 12.0 Å². The summed E-state index contributed by atoms with van der Waals surface area (Å²) < 4.78 is 0. The summed E-state index contributed by atoms with van der Waals surface area (Å²) >= 11 is 0. The Morgan fingerprint density at radius 3 is 2.41 bits per heavy atom. The first-order chi connectivity index (χ1) is 8.13. The number of carbonyl (C=O) groups excluding carboxylic acids is 1. The van der Waals surface area contributed by atoms with Gasteiger partial charge in [0.25, 0.3) is 0 Å². The van der Waals surface area contributed by atoms with Gasteiger partial charge in [-0.3, -0.25) is 0 Å². The maximum absolute atomic E-state index is 11.2. The fourth-order valence-corrected chi connectivity index (χ4v) is 1.17. The molecule has 1 aromatic rings. The average Bonchev–Trinajstić information content (AvgIpc) is 2.34. The molecule has 0 aliphatic heterocycles. The third-order valence-corrected chi connectivity index (χ3v) is 2.06. The van der Waals surface area contributed by atoms with E-state index in [1.807, 2.05) is 0 Å². The molecule has 17 heavy (non-hydrogen) atoms. The summed E-state index contributed by atoms with van der Waals surface area (Å²) in [5.74, 6) is -0.965. The monoisotopic (exact) mass is 234 g/mol. The Kier molecular flexibility index (Phi) is 4.75. The molecule has 0 aliphatic carbocycles. The van der Waals surface area contributed by atoms with Crippen LogP contribution in [0.1, 0.15) is 15.9 Å². The van der Waals surface area contributed by atoms with Gasteiger partial charge in [-0.05, 0) is 17.7 Å². The quantitative estimate of drug-likeness (QED) is 0.673. The van der Waals surface area contributed by atoms with E-state index in [0.29, 0.717) is 13.1 Å². The second-order valence-electron chi connectivity index (χ2n) is 3.35. The molecule has 2 amide bonds. The van der Waals surface area contributed by atoms with Crippen molar-refractivity contribution in [3.63, 3.8) is 0 Å². The van der Waals surface area contributed by atoms with Crippen LogP contribution in [0, 0.1) is 0 Å². The highest BCUT2D eigenvalue weighted by Gasteiger charge is 2.02. The molecule has 0 atom stereocenters. The Balaban J connectivity index is 2.44. The molecule has 0 heterocycles. The predicted molar refractivity (Wildman–Crippen MR) is 63.8 cm³/mol. The number of aromatic carboxylic acids is 1. The lowest BCUT2D eigenvalue weighted by Gasteiger charge is -2.06. The summed E-state index contributed by atoms with van der Waals surface area (Å²) in [5, 5.41) is 13.9. The highest BCUT2D eigenvalue weighted by molar-refractivity contribution is 5.87. The molecule has 0 bridgehead atoms. The van der Waals surface area contributed by atoms with Crippen molar-refractivity contribution in [2.24, 2.45) is 0 Å². The van der Waals surface area contributed by atoms with Gasteiger partial charge in [0, 0.05) is 13.1 Å². The van der Waals surface area contributed by atoms with E-state index < -0.39 is 5.97 Å². The van der Waals surface area contributed by atoms with Gasteiger partial charge in [0.15, 0.2) is 0 Å². The number of rotatable bonds is 5. The molecular weight excluding hydrogens is 220 g/mol. The first-order valence-corrected chi connectivity index (χ1v) is 5.08. The van der Waals surface area contributed by atoms with E-state index in [1.54, 1.807) is 18.2 Å². The molecule has 0 aromatic heterocycles. The molecule has 0 radical (unpaired) electrons. The Bertz CT molecular complexity index is 412. The van der Waals surface area contributed by atoms with E-state index >= 15 is 0 Å². The van der Waals surface area contributed by atoms with Crippen LogP contribution < -0.4 is 10.6 Å². The lowest BCUT2D eigenvalue weighted by atomic mass is 10.1. The number of amides is 2. The number of hydrogen-bond donors (Lipinski definition) is 3. The largest absolute Gasteiger partial charge is 0.478 e. The van der Waals surface area contributed by atoms with Gasteiger partial charge in [-0.25, -0.2) is 9.59 Å². The lowest BCUT2D eigenvalue weighted by Crippen LogP contribution is -2.34. The Labute approximate surface area is 99.1 Å². The van der Waals surface area contributed by atoms with Crippen molar-refractivity contribution in [1.82, 2.24) is 10.6 Å². The minimum atomic E-state index is -0.965. The minimum Gasteiger partial charge on any atom is -0.478 e. The molecule has 0 saturated carbocycles. The van der Waals surface area contributed by atoms with Crippen molar-refractivity contribution in [1.29, 1.82) is 0 Å². The Morgan fingerprint density at radius 2 is 1.88 bits per heavy atom. The number of hydrogen-bond acceptors (Lipinski definition) is 2. The highest BCUT2D eigenvalue weighted by Crippen LogP contribution is 2.03. The van der Waals surface area contributed by atoms with Gasteiger partial charge in [-0.15, -0.1) is 6.58 Å². The molecule has 5 heteroatoms. The fourth-order valence-electron chi connectivity index (χ4n) is 1.17. The van der Waals surface area contributed by atoms with Crippen molar-refractivity contribution in [2.75, 3.05) is 6.54 Å². The van der Waals surface area contributed by atoms with Crippen LogP contribution in [0.3, 0.4) is 0 Å². The zero-order chi connectivity index (χ0) is 12.7. The van der Waals surface area contributed by atoms with Crippen molar-refractivity contribution in [2.45, 2.75) is 6.54 Å². The summed E-state index contributed by atoms with van der Waals surface area (Å²) in [6.07, 6.45) is 1.58. The smallest absolute Gasteiger partial charge is 0.335 e. The van der Waals surface area contributed by atoms with E-state index in [-0.39, 0.29) is 11.6 Å². The molecule has 0 spiro atoms. The molecule has 1 rings (SSSR count). The summed E-state index contributed by atoms with van der Waals surface area (Å²) in [7, 11) is 0. The van der Waals surface area contributed by atoms with Crippen molar-refractivity contribution < 1.29 is 14.7 Å². The second kappa shape index (κ2) is 6.32. The van der Waals surface area contributed by atoms with Gasteiger partial charge in [-0.2, -0.15) is 0 Å². The van der Waals surface area contributed by atoms with E-state index in [4.69, 9.17) is 5.11 Å². The van der Waals surface area contributed by atoms with Gasteiger partial charge in [0.05, 0.1) is 5.56 Å². The van der Waals surface area contributed by atoms with Crippen LogP contribution in [0.4, 0.5) is 4.79 Å². The zero-order valence-corrected chi connectivity index (χ0v) is 9.27. The maximum atomic E-state index is 11.2. The van der Waals surface area contributed by atoms with Crippen molar-refractivity contribution in [3.05, 3.63) is 48.0 Å². The summed E-state index contributed by atoms with van der Waals surface area (Å²) in [6.45, 7) is 4.24. The van der Waals surface area contributed by atoms with Crippen LogP contribution >= 0.6 is 0 Å². The maximum Gasteiger partial charge on any atom is 0.335 e. The number of nitrogens with one attached hydrogen (secondary N) is 2. The number of benzene rings is 1.